The molecule has 3 heteroatoms. The van der Waals surface area contributed by atoms with Gasteiger partial charge in [-0.1, -0.05) is 0 Å². The van der Waals surface area contributed by atoms with E-state index < -0.39 is 0 Å². The second kappa shape index (κ2) is 2.44. The molecule has 2 rings (SSSR count). The van der Waals surface area contributed by atoms with E-state index in [-0.39, 0.29) is 11.5 Å². The van der Waals surface area contributed by atoms with Crippen LogP contribution < -0.4 is 5.73 Å². The zero-order chi connectivity index (χ0) is 7.90. The van der Waals surface area contributed by atoms with E-state index in [4.69, 9.17) is 15.2 Å². The number of methoxy groups -OCH3 is 1. The SMILES string of the molecule is COC1C(N)C12CCOCC2. The molecule has 64 valence electrons. The summed E-state index contributed by atoms with van der Waals surface area (Å²) in [7, 11) is 1.74. The second-order valence-electron chi connectivity index (χ2n) is 3.53. The van der Waals surface area contributed by atoms with Crippen molar-refractivity contribution in [2.24, 2.45) is 11.1 Å². The van der Waals surface area contributed by atoms with Gasteiger partial charge in [-0.15, -0.1) is 0 Å². The maximum atomic E-state index is 5.91. The molecule has 2 aliphatic rings. The third-order valence-electron chi connectivity index (χ3n) is 3.13. The van der Waals surface area contributed by atoms with Crippen LogP contribution in [0, 0.1) is 5.41 Å². The fourth-order valence-electron chi connectivity index (χ4n) is 2.23. The number of hydrogen-bond donors (Lipinski definition) is 1. The number of rotatable bonds is 1. The van der Waals surface area contributed by atoms with Crippen LogP contribution in [-0.4, -0.2) is 32.5 Å². The first-order valence-corrected chi connectivity index (χ1v) is 4.17. The average molecular weight is 157 g/mol. The summed E-state index contributed by atoms with van der Waals surface area (Å²) in [6, 6.07) is 0.261. The maximum Gasteiger partial charge on any atom is 0.0802 e. The minimum absolute atomic E-state index is 0.261. The van der Waals surface area contributed by atoms with Gasteiger partial charge in [-0.05, 0) is 12.8 Å². The summed E-state index contributed by atoms with van der Waals surface area (Å²) in [6.07, 6.45) is 2.45. The number of hydrogen-bond acceptors (Lipinski definition) is 3. The first kappa shape index (κ1) is 7.53. The van der Waals surface area contributed by atoms with Gasteiger partial charge in [0, 0.05) is 31.8 Å². The van der Waals surface area contributed by atoms with Crippen molar-refractivity contribution in [2.45, 2.75) is 25.0 Å². The Kier molecular flexibility index (Phi) is 1.67. The Hall–Kier alpha value is -0.120. The predicted octanol–water partition coefficient (Wildman–Crippen LogP) is 0.139. The number of ether oxygens (including phenoxy) is 2. The van der Waals surface area contributed by atoms with Crippen molar-refractivity contribution in [2.75, 3.05) is 20.3 Å². The maximum absolute atomic E-state index is 5.91. The van der Waals surface area contributed by atoms with Crippen molar-refractivity contribution < 1.29 is 9.47 Å². The van der Waals surface area contributed by atoms with Crippen molar-refractivity contribution in [1.29, 1.82) is 0 Å². The van der Waals surface area contributed by atoms with Crippen LogP contribution in [0.3, 0.4) is 0 Å². The highest BCUT2D eigenvalue weighted by Crippen LogP contribution is 2.53. The van der Waals surface area contributed by atoms with Crippen LogP contribution in [0.4, 0.5) is 0 Å². The lowest BCUT2D eigenvalue weighted by molar-refractivity contribution is 0.0300. The Morgan fingerprint density at radius 2 is 2.09 bits per heavy atom. The molecule has 0 radical (unpaired) electrons. The molecule has 0 amide bonds. The van der Waals surface area contributed by atoms with Gasteiger partial charge >= 0.3 is 0 Å². The van der Waals surface area contributed by atoms with Crippen LogP contribution >= 0.6 is 0 Å². The van der Waals surface area contributed by atoms with Crippen LogP contribution in [0.2, 0.25) is 0 Å². The minimum Gasteiger partial charge on any atom is -0.381 e. The highest BCUT2D eigenvalue weighted by molar-refractivity contribution is 5.16. The lowest BCUT2D eigenvalue weighted by Crippen LogP contribution is -2.23. The molecule has 1 saturated carbocycles. The van der Waals surface area contributed by atoms with Crippen molar-refractivity contribution in [3.05, 3.63) is 0 Å². The molecule has 3 nitrogen and oxygen atoms in total. The van der Waals surface area contributed by atoms with Gasteiger partial charge in [-0.2, -0.15) is 0 Å². The first-order chi connectivity index (χ1) is 5.31. The van der Waals surface area contributed by atoms with E-state index in [0.717, 1.165) is 26.1 Å². The molecule has 2 atom stereocenters. The van der Waals surface area contributed by atoms with Crippen LogP contribution in [-0.2, 0) is 9.47 Å². The van der Waals surface area contributed by atoms with Gasteiger partial charge in [0.05, 0.1) is 6.10 Å². The van der Waals surface area contributed by atoms with E-state index in [1.807, 2.05) is 0 Å². The van der Waals surface area contributed by atoms with Gasteiger partial charge in [-0.3, -0.25) is 0 Å². The van der Waals surface area contributed by atoms with Crippen molar-refractivity contribution in [3.8, 4) is 0 Å². The summed E-state index contributed by atoms with van der Waals surface area (Å²) >= 11 is 0. The molecular formula is C8H15NO2. The van der Waals surface area contributed by atoms with Crippen LogP contribution in [0.15, 0.2) is 0 Å². The summed E-state index contributed by atoms with van der Waals surface area (Å²) in [5, 5.41) is 0. The third-order valence-corrected chi connectivity index (χ3v) is 3.13. The fourth-order valence-corrected chi connectivity index (χ4v) is 2.23. The van der Waals surface area contributed by atoms with E-state index in [0.29, 0.717) is 6.10 Å². The van der Waals surface area contributed by atoms with Gasteiger partial charge < -0.3 is 15.2 Å². The molecule has 0 aromatic heterocycles. The molecule has 1 aliphatic carbocycles. The molecule has 2 unspecified atom stereocenters. The van der Waals surface area contributed by atoms with Gasteiger partial charge in [0.25, 0.3) is 0 Å². The summed E-state index contributed by atoms with van der Waals surface area (Å²) in [4.78, 5) is 0. The minimum atomic E-state index is 0.261. The Morgan fingerprint density at radius 3 is 2.55 bits per heavy atom. The van der Waals surface area contributed by atoms with Crippen LogP contribution in [0.5, 0.6) is 0 Å². The van der Waals surface area contributed by atoms with Crippen LogP contribution in [0.1, 0.15) is 12.8 Å². The third kappa shape index (κ3) is 0.916. The molecular weight excluding hydrogens is 142 g/mol. The standard InChI is InChI=1S/C8H15NO2/c1-10-7-6(9)8(7)2-4-11-5-3-8/h6-7H,2-5,9H2,1H3. The highest BCUT2D eigenvalue weighted by Gasteiger charge is 2.63. The lowest BCUT2D eigenvalue weighted by atomic mass is 9.96. The zero-order valence-corrected chi connectivity index (χ0v) is 6.88. The summed E-state index contributed by atoms with van der Waals surface area (Å²) in [5.74, 6) is 0. The largest absolute Gasteiger partial charge is 0.381 e. The fraction of sp³-hybridized carbons (Fsp3) is 1.00. The zero-order valence-electron chi connectivity index (χ0n) is 6.88. The van der Waals surface area contributed by atoms with Crippen molar-refractivity contribution in [1.82, 2.24) is 0 Å². The highest BCUT2D eigenvalue weighted by atomic mass is 16.5. The molecule has 1 saturated heterocycles. The van der Waals surface area contributed by atoms with Crippen LogP contribution in [0.25, 0.3) is 0 Å². The summed E-state index contributed by atoms with van der Waals surface area (Å²) < 4.78 is 10.6. The number of nitrogens with two attached hydrogens (primary N) is 1. The summed E-state index contributed by atoms with van der Waals surface area (Å²) in [6.45, 7) is 1.71. The first-order valence-electron chi connectivity index (χ1n) is 4.17. The Labute approximate surface area is 66.8 Å². The lowest BCUT2D eigenvalue weighted by Gasteiger charge is -2.22. The Bertz CT molecular complexity index is 154. The van der Waals surface area contributed by atoms with Gasteiger partial charge in [0.2, 0.25) is 0 Å². The molecule has 1 heterocycles. The molecule has 1 spiro atoms. The Morgan fingerprint density at radius 1 is 1.45 bits per heavy atom. The molecule has 0 bridgehead atoms. The van der Waals surface area contributed by atoms with E-state index in [2.05, 4.69) is 0 Å². The molecule has 1 aliphatic heterocycles. The second-order valence-corrected chi connectivity index (χ2v) is 3.53. The van der Waals surface area contributed by atoms with Gasteiger partial charge in [0.15, 0.2) is 0 Å². The average Bonchev–Trinajstić information content (AvgIpc) is 2.57. The van der Waals surface area contributed by atoms with Gasteiger partial charge in [-0.25, -0.2) is 0 Å². The summed E-state index contributed by atoms with van der Waals surface area (Å²) in [5.41, 5.74) is 6.19. The predicted molar refractivity (Wildman–Crippen MR) is 41.3 cm³/mol. The van der Waals surface area contributed by atoms with E-state index in [1.54, 1.807) is 7.11 Å². The Balaban J connectivity index is 2.01. The van der Waals surface area contributed by atoms with E-state index in [1.165, 1.54) is 0 Å². The van der Waals surface area contributed by atoms with E-state index >= 15 is 0 Å². The molecule has 11 heavy (non-hydrogen) atoms. The quantitative estimate of drug-likeness (QED) is 0.589. The van der Waals surface area contributed by atoms with Crippen molar-refractivity contribution in [3.63, 3.8) is 0 Å². The molecule has 0 aromatic rings. The normalized spacial score (nSPS) is 40.9. The van der Waals surface area contributed by atoms with E-state index in [9.17, 15) is 0 Å². The smallest absolute Gasteiger partial charge is 0.0802 e. The topological polar surface area (TPSA) is 44.5 Å². The van der Waals surface area contributed by atoms with Crippen molar-refractivity contribution >= 4 is 0 Å². The van der Waals surface area contributed by atoms with Gasteiger partial charge in [0.1, 0.15) is 0 Å². The molecule has 2 N–H and O–H groups in total. The molecule has 2 fully saturated rings. The monoisotopic (exact) mass is 157 g/mol. The molecule has 0 aromatic carbocycles.